The van der Waals surface area contributed by atoms with E-state index in [2.05, 4.69) is 15.6 Å². The number of rotatable bonds is 6. The van der Waals surface area contributed by atoms with E-state index in [4.69, 9.17) is 9.47 Å². The monoisotopic (exact) mass is 315 g/mol. The highest BCUT2D eigenvalue weighted by Crippen LogP contribution is 2.16. The lowest BCUT2D eigenvalue weighted by Gasteiger charge is -2.08. The molecule has 0 fully saturated rings. The Bertz CT molecular complexity index is 644. The number of amides is 2. The molecule has 0 aliphatic rings. The second kappa shape index (κ2) is 8.38. The minimum Gasteiger partial charge on any atom is -0.497 e. The predicted octanol–water partition coefficient (Wildman–Crippen LogP) is 1.22. The van der Waals surface area contributed by atoms with Crippen molar-refractivity contribution in [2.45, 2.75) is 0 Å². The van der Waals surface area contributed by atoms with E-state index in [1.165, 1.54) is 6.20 Å². The van der Waals surface area contributed by atoms with Crippen molar-refractivity contribution >= 4 is 17.6 Å². The zero-order valence-corrected chi connectivity index (χ0v) is 12.6. The highest BCUT2D eigenvalue weighted by atomic mass is 16.5. The molecule has 1 aromatic carbocycles. The van der Waals surface area contributed by atoms with Crippen LogP contribution in [-0.4, -0.2) is 37.1 Å². The Hall–Kier alpha value is -3.09. The first kappa shape index (κ1) is 16.3. The fraction of sp³-hybridized carbons (Fsp3) is 0.188. The zero-order valence-electron chi connectivity index (χ0n) is 12.6. The molecule has 0 bridgehead atoms. The van der Waals surface area contributed by atoms with Gasteiger partial charge in [-0.3, -0.25) is 9.59 Å². The average molecular weight is 315 g/mol. The third-order valence-electron chi connectivity index (χ3n) is 2.83. The molecule has 0 unspecified atom stereocenters. The molecule has 2 amide bonds. The average Bonchev–Trinajstić information content (AvgIpc) is 2.60. The molecule has 0 saturated heterocycles. The predicted molar refractivity (Wildman–Crippen MR) is 84.4 cm³/mol. The number of hydrogen-bond acceptors (Lipinski definition) is 5. The van der Waals surface area contributed by atoms with Gasteiger partial charge in [0.1, 0.15) is 23.9 Å². The first-order chi connectivity index (χ1) is 11.2. The van der Waals surface area contributed by atoms with Gasteiger partial charge < -0.3 is 20.1 Å². The molecule has 1 heterocycles. The fourth-order valence-electron chi connectivity index (χ4n) is 1.70. The molecule has 23 heavy (non-hydrogen) atoms. The molecule has 0 spiro atoms. The Kier molecular flexibility index (Phi) is 5.93. The number of aromatic nitrogens is 1. The normalized spacial score (nSPS) is 9.78. The van der Waals surface area contributed by atoms with E-state index in [0.29, 0.717) is 11.6 Å². The quantitative estimate of drug-likeness (QED) is 0.618. The van der Waals surface area contributed by atoms with Crippen molar-refractivity contribution in [2.75, 3.05) is 25.6 Å². The van der Waals surface area contributed by atoms with Gasteiger partial charge in [0.2, 0.25) is 0 Å². The SMILES string of the molecule is COc1ccc(OCCNC(=O)C(=O)Nc2ccccn2)cc1. The van der Waals surface area contributed by atoms with Crippen LogP contribution in [-0.2, 0) is 9.59 Å². The van der Waals surface area contributed by atoms with Gasteiger partial charge in [-0.1, -0.05) is 6.07 Å². The number of carbonyl (C=O) groups is 2. The third-order valence-corrected chi connectivity index (χ3v) is 2.83. The van der Waals surface area contributed by atoms with E-state index < -0.39 is 11.8 Å². The van der Waals surface area contributed by atoms with E-state index >= 15 is 0 Å². The molecule has 2 aromatic rings. The molecule has 7 heteroatoms. The number of carbonyl (C=O) groups excluding carboxylic acids is 2. The maximum atomic E-state index is 11.6. The Labute approximate surface area is 133 Å². The summed E-state index contributed by atoms with van der Waals surface area (Å²) in [6, 6.07) is 12.1. The van der Waals surface area contributed by atoms with Gasteiger partial charge in [0.15, 0.2) is 0 Å². The molecule has 0 radical (unpaired) electrons. The molecule has 0 aliphatic heterocycles. The van der Waals surface area contributed by atoms with E-state index in [1.54, 1.807) is 49.6 Å². The van der Waals surface area contributed by atoms with Gasteiger partial charge in [-0.25, -0.2) is 4.98 Å². The van der Waals surface area contributed by atoms with Gasteiger partial charge in [0, 0.05) is 6.20 Å². The van der Waals surface area contributed by atoms with Gasteiger partial charge in [-0.05, 0) is 36.4 Å². The van der Waals surface area contributed by atoms with Crippen molar-refractivity contribution in [3.05, 3.63) is 48.7 Å². The molecule has 1 aromatic heterocycles. The summed E-state index contributed by atoms with van der Waals surface area (Å²) in [5.74, 6) is 0.194. The maximum absolute atomic E-state index is 11.6. The Morgan fingerprint density at radius 1 is 1.04 bits per heavy atom. The molecule has 2 N–H and O–H groups in total. The van der Waals surface area contributed by atoms with Crippen LogP contribution in [0.3, 0.4) is 0 Å². The maximum Gasteiger partial charge on any atom is 0.314 e. The van der Waals surface area contributed by atoms with Crippen LogP contribution in [0, 0.1) is 0 Å². The lowest BCUT2D eigenvalue weighted by molar-refractivity contribution is -0.136. The van der Waals surface area contributed by atoms with Gasteiger partial charge in [0.05, 0.1) is 13.7 Å². The lowest BCUT2D eigenvalue weighted by atomic mass is 10.3. The van der Waals surface area contributed by atoms with Gasteiger partial charge >= 0.3 is 11.8 Å². The van der Waals surface area contributed by atoms with Crippen LogP contribution < -0.4 is 20.1 Å². The van der Waals surface area contributed by atoms with Crippen LogP contribution in [0.2, 0.25) is 0 Å². The summed E-state index contributed by atoms with van der Waals surface area (Å²) in [7, 11) is 1.58. The zero-order chi connectivity index (χ0) is 16.5. The standard InChI is InChI=1S/C16H17N3O4/c1-22-12-5-7-13(8-6-12)23-11-10-18-15(20)16(21)19-14-4-2-3-9-17-14/h2-9H,10-11H2,1H3,(H,18,20)(H,17,19,21). The Balaban J connectivity index is 1.68. The molecular weight excluding hydrogens is 298 g/mol. The largest absolute Gasteiger partial charge is 0.497 e. The molecule has 0 atom stereocenters. The Morgan fingerprint density at radius 3 is 2.43 bits per heavy atom. The number of hydrogen-bond donors (Lipinski definition) is 2. The summed E-state index contributed by atoms with van der Waals surface area (Å²) < 4.78 is 10.5. The fourth-order valence-corrected chi connectivity index (χ4v) is 1.70. The summed E-state index contributed by atoms with van der Waals surface area (Å²) in [5, 5.41) is 4.86. The molecule has 0 saturated carbocycles. The van der Waals surface area contributed by atoms with Gasteiger partial charge in [-0.15, -0.1) is 0 Å². The number of nitrogens with one attached hydrogen (secondary N) is 2. The van der Waals surface area contributed by atoms with Crippen molar-refractivity contribution in [1.29, 1.82) is 0 Å². The minimum atomic E-state index is -0.770. The number of anilines is 1. The van der Waals surface area contributed by atoms with Crippen LogP contribution >= 0.6 is 0 Å². The van der Waals surface area contributed by atoms with Crippen LogP contribution in [0.1, 0.15) is 0 Å². The number of methoxy groups -OCH3 is 1. The molecule has 0 aliphatic carbocycles. The van der Waals surface area contributed by atoms with Crippen molar-refractivity contribution < 1.29 is 19.1 Å². The molecular formula is C16H17N3O4. The summed E-state index contributed by atoms with van der Waals surface area (Å²) in [4.78, 5) is 27.2. The number of pyridine rings is 1. The van der Waals surface area contributed by atoms with E-state index in [0.717, 1.165) is 5.75 Å². The van der Waals surface area contributed by atoms with Crippen LogP contribution in [0.4, 0.5) is 5.82 Å². The molecule has 120 valence electrons. The topological polar surface area (TPSA) is 89.5 Å². The second-order valence-electron chi connectivity index (χ2n) is 4.45. The smallest absolute Gasteiger partial charge is 0.314 e. The first-order valence-electron chi connectivity index (χ1n) is 6.96. The third kappa shape index (κ3) is 5.31. The van der Waals surface area contributed by atoms with Crippen LogP contribution in [0.15, 0.2) is 48.7 Å². The van der Waals surface area contributed by atoms with Crippen molar-refractivity contribution in [3.63, 3.8) is 0 Å². The van der Waals surface area contributed by atoms with Crippen molar-refractivity contribution in [3.8, 4) is 11.5 Å². The lowest BCUT2D eigenvalue weighted by Crippen LogP contribution is -2.37. The summed E-state index contributed by atoms with van der Waals surface area (Å²) in [5.41, 5.74) is 0. The Morgan fingerprint density at radius 2 is 1.78 bits per heavy atom. The summed E-state index contributed by atoms with van der Waals surface area (Å²) >= 11 is 0. The highest BCUT2D eigenvalue weighted by molar-refractivity contribution is 6.39. The van der Waals surface area contributed by atoms with E-state index in [1.807, 2.05) is 0 Å². The molecule has 2 rings (SSSR count). The minimum absolute atomic E-state index is 0.209. The molecule has 7 nitrogen and oxygen atoms in total. The van der Waals surface area contributed by atoms with Crippen LogP contribution in [0.5, 0.6) is 11.5 Å². The van der Waals surface area contributed by atoms with Gasteiger partial charge in [-0.2, -0.15) is 0 Å². The summed E-state index contributed by atoms with van der Waals surface area (Å²) in [6.07, 6.45) is 1.52. The number of ether oxygens (including phenoxy) is 2. The van der Waals surface area contributed by atoms with E-state index in [-0.39, 0.29) is 13.2 Å². The van der Waals surface area contributed by atoms with Crippen molar-refractivity contribution in [2.24, 2.45) is 0 Å². The highest BCUT2D eigenvalue weighted by Gasteiger charge is 2.13. The first-order valence-corrected chi connectivity index (χ1v) is 6.96. The van der Waals surface area contributed by atoms with E-state index in [9.17, 15) is 9.59 Å². The summed E-state index contributed by atoms with van der Waals surface area (Å²) in [6.45, 7) is 0.454. The second-order valence-corrected chi connectivity index (χ2v) is 4.45. The van der Waals surface area contributed by atoms with Gasteiger partial charge in [0.25, 0.3) is 0 Å². The van der Waals surface area contributed by atoms with Crippen LogP contribution in [0.25, 0.3) is 0 Å². The number of benzene rings is 1. The number of nitrogens with zero attached hydrogens (tertiary/aromatic N) is 1. The van der Waals surface area contributed by atoms with Crippen molar-refractivity contribution in [1.82, 2.24) is 10.3 Å².